The highest BCUT2D eigenvalue weighted by Gasteiger charge is 2.50. The average Bonchev–Trinajstić information content (AvgIpc) is 3.99. The number of methoxy groups -OCH3 is 3. The number of amides is 1. The molecule has 6 heterocycles. The van der Waals surface area contributed by atoms with Crippen LogP contribution in [0.4, 0.5) is 21.6 Å². The molecule has 2 saturated carbocycles. The zero-order valence-corrected chi connectivity index (χ0v) is 46.9. The van der Waals surface area contributed by atoms with Gasteiger partial charge in [-0.3, -0.25) is 14.6 Å². The Balaban J connectivity index is 0.830. The van der Waals surface area contributed by atoms with Crippen LogP contribution < -0.4 is 39.7 Å². The van der Waals surface area contributed by atoms with Gasteiger partial charge in [0.15, 0.2) is 23.0 Å². The highest BCUT2D eigenvalue weighted by Crippen LogP contribution is 2.54. The molecule has 1 spiro atoms. The molecule has 2 aliphatic carbocycles. The van der Waals surface area contributed by atoms with E-state index >= 15 is 0 Å². The standard InChI is InChI=1S/C58H73FN10O9S/c1-36(2)42-10-8-9-11-43(42)48-35-67(34-38-16-21-60-56(76-7)51(38)74-5)24-25-69(48)40-29-58(30-40)19-22-68(23-20-58)39-12-13-44(49(26-39)77-50-28-45-46(59)33-63-52(45)64-55(50)75-6)54(70)65-78-79(73)41-27-47(66(4)72)53(62-32-41)61-31-37-14-17-57(3,71)18-15-37/h8-13,16,21,26-28,32-33,36-37,40,48,66,71H,14-15,17-20,22-25,29-31,34-35H2,1-7H3,(H,61,62)(H,63,64)(H,65,70)/t37-,48-,57-,79?/m0/s1. The quantitative estimate of drug-likeness (QED) is 0.0484. The lowest BCUT2D eigenvalue weighted by Crippen LogP contribution is -2.98. The maximum atomic E-state index is 14.9. The lowest BCUT2D eigenvalue weighted by Gasteiger charge is -2.58. The van der Waals surface area contributed by atoms with Gasteiger partial charge in [-0.25, -0.2) is 24.0 Å². The summed E-state index contributed by atoms with van der Waals surface area (Å²) in [5, 5.41) is 26.3. The van der Waals surface area contributed by atoms with Gasteiger partial charge in [0.2, 0.25) is 11.1 Å². The first-order chi connectivity index (χ1) is 38.0. The third-order valence-electron chi connectivity index (χ3n) is 16.8. The van der Waals surface area contributed by atoms with Crippen LogP contribution in [0.3, 0.4) is 0 Å². The monoisotopic (exact) mass is 1100 g/mol. The number of carbonyl (C=O) groups excluding carboxylic acids is 1. The minimum Gasteiger partial charge on any atom is -0.629 e. The number of aromatic nitrogens is 4. The SMILES string of the molecule is COc1nc2[nH]cc(F)c2cc1Oc1cc(N2CCC3(CC2)CC(N2CCN(Cc4ccnc(OC)c4OC)C[C@H]2c2ccccc2C(C)C)C3)ccc1C(=O)NOS(=O)c1cnc(NC[C@H]2CC[C@](C)(O)CC2)c([NH+](C)[O-])c1. The van der Waals surface area contributed by atoms with Crippen molar-refractivity contribution in [3.05, 3.63) is 113 Å². The van der Waals surface area contributed by atoms with Crippen molar-refractivity contribution in [1.82, 2.24) is 35.2 Å². The summed E-state index contributed by atoms with van der Waals surface area (Å²) in [6, 6.07) is 19.7. The van der Waals surface area contributed by atoms with Crippen LogP contribution in [-0.2, 0) is 21.9 Å². The number of nitrogens with zero attached hydrogens (tertiary/aromatic N) is 6. The van der Waals surface area contributed by atoms with Crippen molar-refractivity contribution in [1.29, 1.82) is 0 Å². The number of anilines is 2. The summed E-state index contributed by atoms with van der Waals surface area (Å²) in [6.45, 7) is 12.0. The van der Waals surface area contributed by atoms with Crippen molar-refractivity contribution in [2.75, 3.05) is 77.9 Å². The number of benzene rings is 2. The first kappa shape index (κ1) is 55.8. The van der Waals surface area contributed by atoms with E-state index in [4.69, 9.17) is 23.2 Å². The molecule has 6 aromatic rings. The van der Waals surface area contributed by atoms with Crippen LogP contribution in [0.1, 0.15) is 111 Å². The minimum atomic E-state index is -2.28. The Labute approximate surface area is 463 Å². The molecule has 19 nitrogen and oxygen atoms in total. The van der Waals surface area contributed by atoms with Crippen LogP contribution in [0.15, 0.2) is 84.1 Å². The van der Waals surface area contributed by atoms with E-state index in [1.165, 1.54) is 49.8 Å². The summed E-state index contributed by atoms with van der Waals surface area (Å²) >= 11 is -2.28. The van der Waals surface area contributed by atoms with E-state index in [9.17, 15) is 23.7 Å². The topological polar surface area (TPSA) is 216 Å². The Morgan fingerprint density at radius 3 is 2.44 bits per heavy atom. The summed E-state index contributed by atoms with van der Waals surface area (Å²) < 4.78 is 57.3. The Bertz CT molecular complexity index is 3150. The number of hydroxylamine groups is 2. The number of fused-ring (bicyclic) bond motifs is 1. The van der Waals surface area contributed by atoms with Crippen molar-refractivity contribution in [3.63, 3.8) is 0 Å². The first-order valence-electron chi connectivity index (χ1n) is 27.3. The molecule has 2 saturated heterocycles. The molecular formula is C58H73FN10O9S. The number of rotatable bonds is 19. The van der Waals surface area contributed by atoms with Crippen molar-refractivity contribution in [3.8, 4) is 29.0 Å². The van der Waals surface area contributed by atoms with E-state index in [-0.39, 0.29) is 61.1 Å². The number of hydrogen-bond donors (Lipinski definition) is 5. The zero-order valence-electron chi connectivity index (χ0n) is 46.1. The van der Waals surface area contributed by atoms with Crippen LogP contribution in [0.2, 0.25) is 0 Å². The van der Waals surface area contributed by atoms with E-state index in [1.54, 1.807) is 32.5 Å². The van der Waals surface area contributed by atoms with E-state index in [0.717, 1.165) is 89.0 Å². The number of piperidine rings is 1. The molecule has 4 fully saturated rings. The fourth-order valence-corrected chi connectivity index (χ4v) is 12.8. The lowest BCUT2D eigenvalue weighted by atomic mass is 9.59. The van der Waals surface area contributed by atoms with Gasteiger partial charge in [0, 0.05) is 106 Å². The second-order valence-electron chi connectivity index (χ2n) is 22.3. The number of quaternary nitrogens is 1. The van der Waals surface area contributed by atoms with Gasteiger partial charge in [0.1, 0.15) is 17.2 Å². The van der Waals surface area contributed by atoms with E-state index < -0.39 is 28.4 Å². The van der Waals surface area contributed by atoms with E-state index in [1.807, 2.05) is 19.1 Å². The van der Waals surface area contributed by atoms with E-state index in [2.05, 4.69) is 83.5 Å². The zero-order chi connectivity index (χ0) is 55.6. The Hall–Kier alpha value is -6.46. The largest absolute Gasteiger partial charge is 0.629 e. The van der Waals surface area contributed by atoms with Crippen molar-refractivity contribution in [2.24, 2.45) is 11.3 Å². The number of aromatic amines is 1. The average molecular weight is 1110 g/mol. The molecule has 2 aromatic carbocycles. The summed E-state index contributed by atoms with van der Waals surface area (Å²) in [6.07, 6.45) is 11.6. The molecule has 2 aliphatic heterocycles. The number of pyridine rings is 3. The minimum absolute atomic E-state index is 0.0346. The number of halogens is 1. The molecule has 4 aliphatic rings. The number of aliphatic hydroxyl groups is 1. The molecular weight excluding hydrogens is 1030 g/mol. The Kier molecular flexibility index (Phi) is 16.8. The molecule has 0 bridgehead atoms. The third kappa shape index (κ3) is 12.2. The number of piperazine rings is 1. The smallest absolute Gasteiger partial charge is 0.279 e. The number of H-pyrrole nitrogens is 1. The number of ether oxygens (including phenoxy) is 4. The van der Waals surface area contributed by atoms with Gasteiger partial charge in [0.05, 0.1) is 49.8 Å². The van der Waals surface area contributed by atoms with Gasteiger partial charge >= 0.3 is 0 Å². The van der Waals surface area contributed by atoms with Gasteiger partial charge < -0.3 is 49.5 Å². The first-order valence-corrected chi connectivity index (χ1v) is 28.4. The molecule has 0 radical (unpaired) electrons. The van der Waals surface area contributed by atoms with Gasteiger partial charge in [-0.05, 0) is 105 Å². The molecule has 5 N–H and O–H groups in total. The van der Waals surface area contributed by atoms with Gasteiger partial charge in [-0.2, -0.15) is 9.27 Å². The fraction of sp³-hybridized carbons (Fsp3) is 0.483. The predicted molar refractivity (Wildman–Crippen MR) is 299 cm³/mol. The van der Waals surface area contributed by atoms with Crippen LogP contribution in [0.25, 0.3) is 11.0 Å². The van der Waals surface area contributed by atoms with E-state index in [0.29, 0.717) is 54.7 Å². The Morgan fingerprint density at radius 1 is 0.962 bits per heavy atom. The highest BCUT2D eigenvalue weighted by molar-refractivity contribution is 7.80. The van der Waals surface area contributed by atoms with Gasteiger partial charge in [-0.1, -0.05) is 38.1 Å². The van der Waals surface area contributed by atoms with Crippen molar-refractivity contribution in [2.45, 2.75) is 107 Å². The van der Waals surface area contributed by atoms with Crippen LogP contribution in [0.5, 0.6) is 29.0 Å². The van der Waals surface area contributed by atoms with Crippen molar-refractivity contribution >= 4 is 45.2 Å². The predicted octanol–water partition coefficient (Wildman–Crippen LogP) is 8.12. The molecule has 21 heteroatoms. The van der Waals surface area contributed by atoms with Crippen LogP contribution >= 0.6 is 0 Å². The summed E-state index contributed by atoms with van der Waals surface area (Å²) in [4.78, 5) is 37.7. The number of hydrogen-bond acceptors (Lipinski definition) is 16. The van der Waals surface area contributed by atoms with Gasteiger partial charge in [-0.15, -0.1) is 0 Å². The molecule has 79 heavy (non-hydrogen) atoms. The second kappa shape index (κ2) is 23.7. The molecule has 422 valence electrons. The Morgan fingerprint density at radius 2 is 1.72 bits per heavy atom. The summed E-state index contributed by atoms with van der Waals surface area (Å²) in [5.74, 6) is 1.12. The molecule has 10 rings (SSSR count). The maximum absolute atomic E-state index is 14.9. The molecule has 1 amide bonds. The number of nitrogens with one attached hydrogen (secondary N) is 4. The maximum Gasteiger partial charge on any atom is 0.279 e. The molecule has 3 atom stereocenters. The van der Waals surface area contributed by atoms with Gasteiger partial charge in [0.25, 0.3) is 17.7 Å². The lowest BCUT2D eigenvalue weighted by molar-refractivity contribution is -0.751. The van der Waals surface area contributed by atoms with Crippen LogP contribution in [0, 0.1) is 22.4 Å². The van der Waals surface area contributed by atoms with Crippen molar-refractivity contribution < 1.29 is 46.8 Å². The number of carbonyl (C=O) groups is 1. The second-order valence-corrected chi connectivity index (χ2v) is 23.4. The highest BCUT2D eigenvalue weighted by atomic mass is 32.2. The van der Waals surface area contributed by atoms with Crippen LogP contribution in [-0.4, -0.2) is 124 Å². The third-order valence-corrected chi connectivity index (χ3v) is 17.6. The normalized spacial score (nSPS) is 21.6. The summed E-state index contributed by atoms with van der Waals surface area (Å²) in [7, 11) is 6.10. The molecule has 4 aromatic heterocycles. The molecule has 2 unspecified atom stereocenters. The summed E-state index contributed by atoms with van der Waals surface area (Å²) in [5.41, 5.74) is 7.00. The fourth-order valence-electron chi connectivity index (χ4n) is 12.2.